The molecule has 428 valence electrons. The Kier molecular flexibility index (Phi) is 12.3. The van der Waals surface area contributed by atoms with Crippen molar-refractivity contribution >= 4 is 66.7 Å². The van der Waals surface area contributed by atoms with E-state index in [2.05, 4.69) is 320 Å². The van der Waals surface area contributed by atoms with Crippen LogP contribution in [0.2, 0.25) is 0 Å². The molecule has 0 amide bonds. The lowest BCUT2D eigenvalue weighted by atomic mass is 10.0. The maximum absolute atomic E-state index is 6.97. The molecular weight excluding hydrogens is 1130 g/mol. The zero-order chi connectivity index (χ0) is 59.9. The first-order valence-corrected chi connectivity index (χ1v) is 31.4. The van der Waals surface area contributed by atoms with Crippen LogP contribution in [0.25, 0.3) is 134 Å². The number of aromatic nitrogens is 8. The molecule has 0 saturated carbocycles. The number of ether oxygens (including phenoxy) is 1. The van der Waals surface area contributed by atoms with E-state index in [1.54, 1.807) is 0 Å². The topological polar surface area (TPSA) is 71.5 Å². The maximum atomic E-state index is 6.97. The molecule has 17 aromatic rings. The second kappa shape index (κ2) is 21.5. The van der Waals surface area contributed by atoms with Gasteiger partial charge in [-0.2, -0.15) is 4.57 Å². The normalized spacial score (nSPS) is 12.0. The van der Waals surface area contributed by atoms with E-state index in [1.165, 1.54) is 37.4 Å². The molecule has 91 heavy (non-hydrogen) atoms. The summed E-state index contributed by atoms with van der Waals surface area (Å²) in [6, 6.07) is 107. The zero-order valence-corrected chi connectivity index (χ0v) is 49.9. The zero-order valence-electron chi connectivity index (χ0n) is 49.0. The van der Waals surface area contributed by atoms with Gasteiger partial charge in [0.15, 0.2) is 12.7 Å². The molecule has 1 aliphatic heterocycles. The third kappa shape index (κ3) is 8.94. The van der Waals surface area contributed by atoms with Gasteiger partial charge in [0.1, 0.15) is 29.0 Å². The average molecular weight is 1190 g/mol. The maximum Gasteiger partial charge on any atom is 0.214 e. The molecule has 0 N–H and O–H groups in total. The van der Waals surface area contributed by atoms with Crippen molar-refractivity contribution in [3.8, 4) is 90.8 Å². The smallest absolute Gasteiger partial charge is 0.214 e. The van der Waals surface area contributed by atoms with E-state index in [0.29, 0.717) is 5.75 Å². The Balaban J connectivity index is 0.746. The first kappa shape index (κ1) is 52.3. The molecule has 0 bridgehead atoms. The predicted octanol–water partition coefficient (Wildman–Crippen LogP) is 19.7. The van der Waals surface area contributed by atoms with Crippen LogP contribution in [0.15, 0.2) is 319 Å². The minimum atomic E-state index is 0.703. The molecule has 10 heteroatoms. The molecule has 12 aromatic carbocycles. The molecule has 0 aliphatic carbocycles. The van der Waals surface area contributed by atoms with Crippen molar-refractivity contribution in [3.63, 3.8) is 0 Å². The van der Waals surface area contributed by atoms with Crippen molar-refractivity contribution in [2.24, 2.45) is 0 Å². The lowest BCUT2D eigenvalue weighted by molar-refractivity contribution is -0.672. The summed E-state index contributed by atoms with van der Waals surface area (Å²) < 4.78 is 18.5. The molecule has 0 spiro atoms. The Hall–Kier alpha value is -11.9. The Labute approximate surface area is 528 Å². The van der Waals surface area contributed by atoms with E-state index in [4.69, 9.17) is 19.7 Å². The van der Waals surface area contributed by atoms with Crippen molar-refractivity contribution in [2.45, 2.75) is 16.3 Å². The molecule has 0 fully saturated rings. The monoisotopic (exact) mass is 1190 g/mol. The Morgan fingerprint density at radius 1 is 0.352 bits per heavy atom. The summed E-state index contributed by atoms with van der Waals surface area (Å²) in [5.74, 6) is 3.81. The second-order valence-electron chi connectivity index (χ2n) is 23.0. The Bertz CT molecular complexity index is 5500. The van der Waals surface area contributed by atoms with Gasteiger partial charge in [0.25, 0.3) is 0 Å². The van der Waals surface area contributed by atoms with Gasteiger partial charge < -0.3 is 9.30 Å². The number of benzene rings is 12. The average Bonchev–Trinajstić information content (AvgIpc) is 1.78. The summed E-state index contributed by atoms with van der Waals surface area (Å²) in [4.78, 5) is 18.8. The van der Waals surface area contributed by atoms with Crippen LogP contribution < -0.4 is 9.30 Å². The van der Waals surface area contributed by atoms with Gasteiger partial charge in [0.2, 0.25) is 5.69 Å². The molecule has 6 heterocycles. The van der Waals surface area contributed by atoms with E-state index < -0.39 is 0 Å². The number of nitrogens with zero attached hydrogens (tertiary/aromatic N) is 8. The van der Waals surface area contributed by atoms with Crippen LogP contribution in [-0.2, 0) is 6.54 Å². The first-order chi connectivity index (χ1) is 45.1. The van der Waals surface area contributed by atoms with Crippen molar-refractivity contribution in [3.05, 3.63) is 315 Å². The van der Waals surface area contributed by atoms with Gasteiger partial charge in [-0.1, -0.05) is 145 Å². The quantitative estimate of drug-likeness (QED) is 0.114. The van der Waals surface area contributed by atoms with Crippen LogP contribution in [0.3, 0.4) is 0 Å². The molecule has 0 unspecified atom stereocenters. The third-order valence-corrected chi connectivity index (χ3v) is 18.7. The van der Waals surface area contributed by atoms with E-state index in [0.717, 1.165) is 124 Å². The second-order valence-corrected chi connectivity index (χ2v) is 24.1. The number of hydrogen-bond acceptors (Lipinski definition) is 5. The first-order valence-electron chi connectivity index (χ1n) is 30.6. The van der Waals surface area contributed by atoms with Crippen LogP contribution in [0.4, 0.5) is 0 Å². The highest BCUT2D eigenvalue weighted by atomic mass is 32.2. The van der Waals surface area contributed by atoms with Gasteiger partial charge in [-0.3, -0.25) is 13.7 Å². The molecule has 1 aliphatic rings. The van der Waals surface area contributed by atoms with Crippen LogP contribution in [0.5, 0.6) is 11.5 Å². The minimum Gasteiger partial charge on any atom is -0.457 e. The fourth-order valence-electron chi connectivity index (χ4n) is 13.5. The van der Waals surface area contributed by atoms with Gasteiger partial charge in [-0.25, -0.2) is 15.0 Å². The van der Waals surface area contributed by atoms with E-state index in [1.807, 2.05) is 23.9 Å². The summed E-state index contributed by atoms with van der Waals surface area (Å²) in [6.07, 6.45) is 2.17. The molecule has 9 nitrogen and oxygen atoms in total. The van der Waals surface area contributed by atoms with Crippen molar-refractivity contribution in [2.75, 3.05) is 0 Å². The van der Waals surface area contributed by atoms with Crippen LogP contribution >= 0.6 is 11.8 Å². The van der Waals surface area contributed by atoms with Gasteiger partial charge in [0, 0.05) is 83.6 Å². The molecule has 0 atom stereocenters. The van der Waals surface area contributed by atoms with E-state index in [9.17, 15) is 0 Å². The van der Waals surface area contributed by atoms with Crippen molar-refractivity contribution in [1.82, 2.24) is 33.2 Å². The molecular formula is C81H53N8OS+. The van der Waals surface area contributed by atoms with Crippen LogP contribution in [0.1, 0.15) is 5.56 Å². The third-order valence-electron chi connectivity index (χ3n) is 17.6. The van der Waals surface area contributed by atoms with Crippen molar-refractivity contribution < 1.29 is 9.30 Å². The Morgan fingerprint density at radius 3 is 1.37 bits per heavy atom. The van der Waals surface area contributed by atoms with E-state index >= 15 is 0 Å². The largest absolute Gasteiger partial charge is 0.457 e. The summed E-state index contributed by atoms with van der Waals surface area (Å²) in [5.41, 5.74) is 20.8. The summed E-state index contributed by atoms with van der Waals surface area (Å²) in [7, 11) is 0. The number of hydrogen-bond donors (Lipinski definition) is 0. The van der Waals surface area contributed by atoms with Gasteiger partial charge in [-0.15, -0.1) is 0 Å². The lowest BCUT2D eigenvalue weighted by Gasteiger charge is -2.17. The number of imidazole rings is 3. The highest BCUT2D eigenvalue weighted by molar-refractivity contribution is 7.99. The molecule has 0 radical (unpaired) electrons. The summed E-state index contributed by atoms with van der Waals surface area (Å²) >= 11 is 1.82. The highest BCUT2D eigenvalue weighted by Crippen LogP contribution is 2.44. The standard InChI is InChI=1S/C81H53N8OS/c1-3-21-58(22-4-1)86-72-32-14-9-27-67(72)82-79(86)55-48-56(80-83-68-28-10-15-33-73(68)87(80)59-23-5-2-6-24-59)50-57(49-55)81-84-69-29-11-16-34-74(69)88(81)60-39-41-61(42-40-60)90-62-43-46-64(76(51-62)89-70-30-12-7-25-65(70)66-26-8-13-31-71(66)89)53-37-44-63(45-38-53)91-77-36-19-20-54-52-85-47-18-17-35-75(85)78(54)77/h1-51H,52H2/q+1. The van der Waals surface area contributed by atoms with Gasteiger partial charge in [-0.05, 0) is 157 Å². The number of pyridine rings is 1. The van der Waals surface area contributed by atoms with Crippen molar-refractivity contribution in [1.29, 1.82) is 0 Å². The predicted molar refractivity (Wildman–Crippen MR) is 368 cm³/mol. The molecule has 18 rings (SSSR count). The van der Waals surface area contributed by atoms with E-state index in [-0.39, 0.29) is 0 Å². The van der Waals surface area contributed by atoms with Gasteiger partial charge in [0.05, 0.1) is 55.4 Å². The summed E-state index contributed by atoms with van der Waals surface area (Å²) in [5, 5.41) is 2.39. The van der Waals surface area contributed by atoms with Gasteiger partial charge >= 0.3 is 0 Å². The minimum absolute atomic E-state index is 0.703. The highest BCUT2D eigenvalue weighted by Gasteiger charge is 2.29. The lowest BCUT2D eigenvalue weighted by Crippen LogP contribution is -2.31. The fraction of sp³-hybridized carbons (Fsp3) is 0.0123. The Morgan fingerprint density at radius 2 is 0.824 bits per heavy atom. The number of para-hydroxylation sites is 10. The molecule has 0 saturated heterocycles. The summed E-state index contributed by atoms with van der Waals surface area (Å²) in [6.45, 7) is 0.892. The van der Waals surface area contributed by atoms with Crippen LogP contribution in [-0.4, -0.2) is 33.2 Å². The number of rotatable bonds is 12. The van der Waals surface area contributed by atoms with Crippen LogP contribution in [0, 0.1) is 0 Å². The SMILES string of the molecule is c1ccc(-n2c(-c3cc(-c4nc5ccccc5n4-c4ccccc4)cc(-c4nc5ccccc5n4-c4ccc(Oc5ccc(-c6ccc(Sc7cccc8c7-c7cccc[n+]7C8)cc6)c(-n6c7ccccc7c7ccccc76)c5)cc4)c3)nc3ccccc32)cc1. The number of fused-ring (bicyclic) bond motifs is 9. The fourth-order valence-corrected chi connectivity index (χ4v) is 14.5. The molecule has 5 aromatic heterocycles.